The number of aliphatic hydroxyl groups excluding tert-OH is 1. The second-order valence-corrected chi connectivity index (χ2v) is 3.70. The molecule has 0 rings (SSSR count). The molecule has 1 N–H and O–H groups in total. The smallest absolute Gasteiger partial charge is 0.391 e. The van der Waals surface area contributed by atoms with E-state index in [0.29, 0.717) is 0 Å². The van der Waals surface area contributed by atoms with Crippen LogP contribution in [0.1, 0.15) is 27.2 Å². The molecular formula is C7H13F3O. The Bertz CT molecular complexity index is 123. The maximum Gasteiger partial charge on any atom is 0.391 e. The molecule has 11 heavy (non-hydrogen) atoms. The predicted octanol–water partition coefficient (Wildman–Crippen LogP) is 2.35. The summed E-state index contributed by atoms with van der Waals surface area (Å²) < 4.78 is 35.0. The standard InChI is InChI=1S/C7H13F3O/c1-6(2,3)5(11)4-7(8,9)10/h5,11H,4H2,1-3H3. The molecule has 0 aromatic heterocycles. The molecule has 0 bridgehead atoms. The van der Waals surface area contributed by atoms with Gasteiger partial charge in [-0.25, -0.2) is 0 Å². The first-order chi connectivity index (χ1) is 4.63. The Labute approximate surface area is 64.2 Å². The monoisotopic (exact) mass is 170 g/mol. The van der Waals surface area contributed by atoms with Crippen LogP contribution in [0, 0.1) is 5.41 Å². The van der Waals surface area contributed by atoms with Gasteiger partial charge in [-0.2, -0.15) is 13.2 Å². The zero-order valence-corrected chi connectivity index (χ0v) is 6.87. The van der Waals surface area contributed by atoms with E-state index in [4.69, 9.17) is 5.11 Å². The van der Waals surface area contributed by atoms with E-state index in [0.717, 1.165) is 0 Å². The first-order valence-corrected chi connectivity index (χ1v) is 3.38. The minimum Gasteiger partial charge on any atom is -0.392 e. The van der Waals surface area contributed by atoms with E-state index in [9.17, 15) is 13.2 Å². The van der Waals surface area contributed by atoms with Crippen molar-refractivity contribution in [1.29, 1.82) is 0 Å². The zero-order chi connectivity index (χ0) is 9.28. The third-order valence-corrected chi connectivity index (χ3v) is 1.42. The lowest BCUT2D eigenvalue weighted by atomic mass is 9.87. The fraction of sp³-hybridized carbons (Fsp3) is 1.00. The van der Waals surface area contributed by atoms with Gasteiger partial charge in [-0.15, -0.1) is 0 Å². The van der Waals surface area contributed by atoms with Gasteiger partial charge in [0.05, 0.1) is 12.5 Å². The highest BCUT2D eigenvalue weighted by Gasteiger charge is 2.36. The van der Waals surface area contributed by atoms with Gasteiger partial charge in [0.25, 0.3) is 0 Å². The van der Waals surface area contributed by atoms with Gasteiger partial charge in [-0.3, -0.25) is 0 Å². The summed E-state index contributed by atoms with van der Waals surface area (Å²) in [7, 11) is 0. The Hall–Kier alpha value is -0.250. The van der Waals surface area contributed by atoms with E-state index in [1.807, 2.05) is 0 Å². The largest absolute Gasteiger partial charge is 0.392 e. The average molecular weight is 170 g/mol. The van der Waals surface area contributed by atoms with E-state index in [1.165, 1.54) is 0 Å². The van der Waals surface area contributed by atoms with Gasteiger partial charge in [0, 0.05) is 0 Å². The van der Waals surface area contributed by atoms with Crippen molar-refractivity contribution in [1.82, 2.24) is 0 Å². The maximum atomic E-state index is 11.7. The van der Waals surface area contributed by atoms with Crippen LogP contribution in [-0.2, 0) is 0 Å². The van der Waals surface area contributed by atoms with Gasteiger partial charge in [0.1, 0.15) is 0 Å². The molecule has 0 aliphatic rings. The summed E-state index contributed by atoms with van der Waals surface area (Å²) in [5.74, 6) is 0. The summed E-state index contributed by atoms with van der Waals surface area (Å²) in [5.41, 5.74) is -0.699. The van der Waals surface area contributed by atoms with E-state index in [1.54, 1.807) is 20.8 Å². The quantitative estimate of drug-likeness (QED) is 0.640. The van der Waals surface area contributed by atoms with Crippen LogP contribution in [-0.4, -0.2) is 17.4 Å². The normalized spacial score (nSPS) is 16.6. The Morgan fingerprint density at radius 3 is 1.64 bits per heavy atom. The van der Waals surface area contributed by atoms with Crippen LogP contribution >= 0.6 is 0 Å². The Kier molecular flexibility index (Phi) is 2.94. The summed E-state index contributed by atoms with van der Waals surface area (Å²) in [4.78, 5) is 0. The third-order valence-electron chi connectivity index (χ3n) is 1.42. The van der Waals surface area contributed by atoms with Crippen molar-refractivity contribution in [2.75, 3.05) is 0 Å². The molecule has 0 aliphatic carbocycles. The second-order valence-electron chi connectivity index (χ2n) is 3.70. The van der Waals surface area contributed by atoms with Gasteiger partial charge < -0.3 is 5.11 Å². The van der Waals surface area contributed by atoms with Crippen molar-refractivity contribution in [3.63, 3.8) is 0 Å². The molecule has 0 radical (unpaired) electrons. The molecule has 1 unspecified atom stereocenters. The topological polar surface area (TPSA) is 20.2 Å². The van der Waals surface area contributed by atoms with Gasteiger partial charge in [-0.05, 0) is 5.41 Å². The highest BCUT2D eigenvalue weighted by atomic mass is 19.4. The second kappa shape index (κ2) is 3.01. The molecule has 1 nitrogen and oxygen atoms in total. The summed E-state index contributed by atoms with van der Waals surface area (Å²) in [6.45, 7) is 4.72. The number of halogens is 3. The van der Waals surface area contributed by atoms with Crippen LogP contribution < -0.4 is 0 Å². The minimum absolute atomic E-state index is 0.699. The van der Waals surface area contributed by atoms with Crippen molar-refractivity contribution in [3.8, 4) is 0 Å². The van der Waals surface area contributed by atoms with Crippen molar-refractivity contribution in [2.24, 2.45) is 5.41 Å². The van der Waals surface area contributed by atoms with Crippen LogP contribution in [0.3, 0.4) is 0 Å². The van der Waals surface area contributed by atoms with E-state index in [2.05, 4.69) is 0 Å². The van der Waals surface area contributed by atoms with Crippen LogP contribution in [0.5, 0.6) is 0 Å². The highest BCUT2D eigenvalue weighted by Crippen LogP contribution is 2.30. The molecule has 0 aliphatic heterocycles. The first-order valence-electron chi connectivity index (χ1n) is 3.38. The van der Waals surface area contributed by atoms with E-state index in [-0.39, 0.29) is 0 Å². The van der Waals surface area contributed by atoms with Crippen molar-refractivity contribution < 1.29 is 18.3 Å². The van der Waals surface area contributed by atoms with Crippen LogP contribution in [0.25, 0.3) is 0 Å². The molecule has 0 spiro atoms. The predicted molar refractivity (Wildman–Crippen MR) is 36.1 cm³/mol. The third kappa shape index (κ3) is 5.07. The van der Waals surface area contributed by atoms with Crippen molar-refractivity contribution in [3.05, 3.63) is 0 Å². The fourth-order valence-corrected chi connectivity index (χ4v) is 0.525. The molecule has 0 heterocycles. The summed E-state index contributed by atoms with van der Waals surface area (Å²) in [6, 6.07) is 0. The molecule has 1 atom stereocenters. The van der Waals surface area contributed by atoms with Crippen LogP contribution in [0.4, 0.5) is 13.2 Å². The lowest BCUT2D eigenvalue weighted by Crippen LogP contribution is -2.31. The molecule has 0 amide bonds. The molecule has 68 valence electrons. The Balaban J connectivity index is 3.99. The van der Waals surface area contributed by atoms with Crippen LogP contribution in [0.2, 0.25) is 0 Å². The Morgan fingerprint density at radius 2 is 1.55 bits per heavy atom. The first kappa shape index (κ1) is 10.8. The fourth-order valence-electron chi connectivity index (χ4n) is 0.525. The molecule has 0 saturated heterocycles. The highest BCUT2D eigenvalue weighted by molar-refractivity contribution is 4.74. The minimum atomic E-state index is -4.27. The lowest BCUT2D eigenvalue weighted by Gasteiger charge is -2.26. The summed E-state index contributed by atoms with van der Waals surface area (Å²) >= 11 is 0. The van der Waals surface area contributed by atoms with E-state index < -0.39 is 24.1 Å². The van der Waals surface area contributed by atoms with Gasteiger partial charge >= 0.3 is 6.18 Å². The number of hydrogen-bond donors (Lipinski definition) is 1. The van der Waals surface area contributed by atoms with Gasteiger partial charge in [-0.1, -0.05) is 20.8 Å². The average Bonchev–Trinajstić information content (AvgIpc) is 1.56. The van der Waals surface area contributed by atoms with Gasteiger partial charge in [0.15, 0.2) is 0 Å². The number of rotatable bonds is 1. The summed E-state index contributed by atoms with van der Waals surface area (Å²) in [6.07, 6.45) is -6.72. The van der Waals surface area contributed by atoms with Crippen molar-refractivity contribution in [2.45, 2.75) is 39.5 Å². The number of hydrogen-bond acceptors (Lipinski definition) is 1. The Morgan fingerprint density at radius 1 is 1.18 bits per heavy atom. The van der Waals surface area contributed by atoms with Crippen molar-refractivity contribution >= 4 is 0 Å². The van der Waals surface area contributed by atoms with Crippen LogP contribution in [0.15, 0.2) is 0 Å². The lowest BCUT2D eigenvalue weighted by molar-refractivity contribution is -0.164. The molecule has 0 saturated carbocycles. The van der Waals surface area contributed by atoms with Gasteiger partial charge in [0.2, 0.25) is 0 Å². The molecule has 0 aromatic carbocycles. The molecule has 4 heteroatoms. The summed E-state index contributed by atoms with van der Waals surface area (Å²) in [5, 5.41) is 9.00. The number of alkyl halides is 3. The molecule has 0 fully saturated rings. The zero-order valence-electron chi connectivity index (χ0n) is 6.87. The SMILES string of the molecule is CC(C)(C)C(O)CC(F)(F)F. The molecular weight excluding hydrogens is 157 g/mol. The molecule has 0 aromatic rings. The van der Waals surface area contributed by atoms with E-state index >= 15 is 0 Å². The number of aliphatic hydroxyl groups is 1. The maximum absolute atomic E-state index is 11.7.